The minimum absolute atomic E-state index is 0.00239. The van der Waals surface area contributed by atoms with Gasteiger partial charge in [-0.05, 0) is 35.9 Å². The van der Waals surface area contributed by atoms with Crippen LogP contribution in [0.4, 0.5) is 0 Å². The maximum atomic E-state index is 8.58. The predicted molar refractivity (Wildman–Crippen MR) is 72.5 cm³/mol. The van der Waals surface area contributed by atoms with E-state index in [9.17, 15) is 0 Å². The summed E-state index contributed by atoms with van der Waals surface area (Å²) < 4.78 is 5.59. The second-order valence-corrected chi connectivity index (χ2v) is 4.18. The van der Waals surface area contributed by atoms with E-state index in [0.717, 1.165) is 5.56 Å². The standard InChI is InChI=1S/C13H12ClN3O2/c14-11-7-10(13(15)17-18)1-2-12(11)19-8-9-3-5-16-6-4-9/h1-7,18H,8H2,(H2,15,17). The number of nitrogens with zero attached hydrogens (tertiary/aromatic N) is 2. The van der Waals surface area contributed by atoms with Crippen molar-refractivity contribution in [2.24, 2.45) is 10.9 Å². The predicted octanol–water partition coefficient (Wildman–Crippen LogP) is 2.41. The number of hydrogen-bond acceptors (Lipinski definition) is 4. The molecular formula is C13H12ClN3O2. The third-order valence-corrected chi connectivity index (χ3v) is 2.77. The van der Waals surface area contributed by atoms with Crippen LogP contribution >= 0.6 is 11.6 Å². The molecule has 98 valence electrons. The maximum Gasteiger partial charge on any atom is 0.170 e. The summed E-state index contributed by atoms with van der Waals surface area (Å²) in [6, 6.07) is 8.65. The molecule has 0 aliphatic heterocycles. The molecule has 2 aromatic rings. The summed E-state index contributed by atoms with van der Waals surface area (Å²) in [5, 5.41) is 11.9. The summed E-state index contributed by atoms with van der Waals surface area (Å²) in [7, 11) is 0. The van der Waals surface area contributed by atoms with Crippen LogP contribution in [0.2, 0.25) is 5.02 Å². The van der Waals surface area contributed by atoms with E-state index in [1.54, 1.807) is 30.6 Å². The fraction of sp³-hybridized carbons (Fsp3) is 0.0769. The Hall–Kier alpha value is -2.27. The van der Waals surface area contributed by atoms with Gasteiger partial charge in [-0.15, -0.1) is 0 Å². The quantitative estimate of drug-likeness (QED) is 0.389. The molecule has 19 heavy (non-hydrogen) atoms. The molecule has 0 atom stereocenters. The molecule has 6 heteroatoms. The van der Waals surface area contributed by atoms with Crippen LogP contribution in [-0.4, -0.2) is 16.0 Å². The summed E-state index contributed by atoms with van der Waals surface area (Å²) in [6.07, 6.45) is 3.39. The van der Waals surface area contributed by atoms with Gasteiger partial charge in [0.25, 0.3) is 0 Å². The molecule has 1 aromatic heterocycles. The molecule has 0 aliphatic carbocycles. The number of pyridine rings is 1. The third-order valence-electron chi connectivity index (χ3n) is 2.48. The van der Waals surface area contributed by atoms with E-state index < -0.39 is 0 Å². The Bertz CT molecular complexity index is 588. The second-order valence-electron chi connectivity index (χ2n) is 3.77. The van der Waals surface area contributed by atoms with Gasteiger partial charge in [-0.1, -0.05) is 16.8 Å². The highest BCUT2D eigenvalue weighted by molar-refractivity contribution is 6.32. The Labute approximate surface area is 115 Å². The molecule has 0 saturated carbocycles. The van der Waals surface area contributed by atoms with Crippen LogP contribution in [0.1, 0.15) is 11.1 Å². The lowest BCUT2D eigenvalue weighted by atomic mass is 10.2. The molecule has 2 rings (SSSR count). The van der Waals surface area contributed by atoms with Gasteiger partial charge < -0.3 is 15.7 Å². The molecule has 1 heterocycles. The molecule has 0 saturated heterocycles. The van der Waals surface area contributed by atoms with E-state index in [2.05, 4.69) is 10.1 Å². The first-order valence-electron chi connectivity index (χ1n) is 5.50. The number of halogens is 1. The number of hydrogen-bond donors (Lipinski definition) is 2. The topological polar surface area (TPSA) is 80.7 Å². The van der Waals surface area contributed by atoms with Crippen molar-refractivity contribution in [3.8, 4) is 5.75 Å². The minimum Gasteiger partial charge on any atom is -0.487 e. The average Bonchev–Trinajstić information content (AvgIpc) is 2.46. The van der Waals surface area contributed by atoms with Crippen molar-refractivity contribution in [1.29, 1.82) is 0 Å². The maximum absolute atomic E-state index is 8.58. The van der Waals surface area contributed by atoms with Crippen LogP contribution in [-0.2, 0) is 6.61 Å². The van der Waals surface area contributed by atoms with Crippen molar-refractivity contribution < 1.29 is 9.94 Å². The van der Waals surface area contributed by atoms with E-state index >= 15 is 0 Å². The van der Waals surface area contributed by atoms with Gasteiger partial charge in [-0.2, -0.15) is 0 Å². The Morgan fingerprint density at radius 2 is 2.05 bits per heavy atom. The first-order valence-corrected chi connectivity index (χ1v) is 5.87. The van der Waals surface area contributed by atoms with Crippen LogP contribution < -0.4 is 10.5 Å². The smallest absolute Gasteiger partial charge is 0.170 e. The molecule has 0 radical (unpaired) electrons. The summed E-state index contributed by atoms with van der Waals surface area (Å²) in [4.78, 5) is 3.93. The molecule has 0 aliphatic rings. The van der Waals surface area contributed by atoms with Crippen LogP contribution in [0.5, 0.6) is 5.75 Å². The summed E-state index contributed by atoms with van der Waals surface area (Å²) >= 11 is 6.07. The van der Waals surface area contributed by atoms with Crippen molar-refractivity contribution in [1.82, 2.24) is 4.98 Å². The molecule has 0 spiro atoms. The van der Waals surface area contributed by atoms with Gasteiger partial charge in [-0.3, -0.25) is 4.98 Å². The Balaban J connectivity index is 2.10. The van der Waals surface area contributed by atoms with Gasteiger partial charge in [0.2, 0.25) is 0 Å². The zero-order valence-electron chi connectivity index (χ0n) is 9.95. The number of aromatic nitrogens is 1. The van der Waals surface area contributed by atoms with Crippen molar-refractivity contribution in [3.63, 3.8) is 0 Å². The third kappa shape index (κ3) is 3.35. The second kappa shape index (κ2) is 6.06. The fourth-order valence-corrected chi connectivity index (χ4v) is 1.71. The molecular weight excluding hydrogens is 266 g/mol. The van der Waals surface area contributed by atoms with Crippen LogP contribution in [0.3, 0.4) is 0 Å². The first-order chi connectivity index (χ1) is 9.20. The average molecular weight is 278 g/mol. The lowest BCUT2D eigenvalue weighted by Gasteiger charge is -2.09. The Morgan fingerprint density at radius 1 is 1.32 bits per heavy atom. The van der Waals surface area contributed by atoms with Crippen LogP contribution in [0.25, 0.3) is 0 Å². The van der Waals surface area contributed by atoms with Crippen LogP contribution in [0.15, 0.2) is 47.9 Å². The number of benzene rings is 1. The minimum atomic E-state index is 0.00239. The number of ether oxygens (including phenoxy) is 1. The highest BCUT2D eigenvalue weighted by atomic mass is 35.5. The zero-order chi connectivity index (χ0) is 13.7. The molecule has 0 unspecified atom stereocenters. The van der Waals surface area contributed by atoms with E-state index in [4.69, 9.17) is 27.3 Å². The fourth-order valence-electron chi connectivity index (χ4n) is 1.48. The number of rotatable bonds is 4. The van der Waals surface area contributed by atoms with Crippen LogP contribution in [0, 0.1) is 0 Å². The van der Waals surface area contributed by atoms with Crippen molar-refractivity contribution in [3.05, 3.63) is 58.9 Å². The van der Waals surface area contributed by atoms with Crippen molar-refractivity contribution in [2.45, 2.75) is 6.61 Å². The Morgan fingerprint density at radius 3 is 2.68 bits per heavy atom. The molecule has 0 bridgehead atoms. The molecule has 3 N–H and O–H groups in total. The lowest BCUT2D eigenvalue weighted by Crippen LogP contribution is -2.12. The molecule has 0 amide bonds. The van der Waals surface area contributed by atoms with Gasteiger partial charge in [0.15, 0.2) is 5.84 Å². The number of nitrogens with two attached hydrogens (primary N) is 1. The van der Waals surface area contributed by atoms with Gasteiger partial charge in [0.05, 0.1) is 5.02 Å². The molecule has 0 fully saturated rings. The van der Waals surface area contributed by atoms with E-state index in [0.29, 0.717) is 22.9 Å². The first kappa shape index (κ1) is 13.2. The molecule has 1 aromatic carbocycles. The van der Waals surface area contributed by atoms with Crippen molar-refractivity contribution >= 4 is 17.4 Å². The normalized spacial score (nSPS) is 11.3. The summed E-state index contributed by atoms with van der Waals surface area (Å²) in [6.45, 7) is 0.394. The summed E-state index contributed by atoms with van der Waals surface area (Å²) in [5.41, 5.74) is 7.00. The van der Waals surface area contributed by atoms with Gasteiger partial charge >= 0.3 is 0 Å². The largest absolute Gasteiger partial charge is 0.487 e. The van der Waals surface area contributed by atoms with Crippen molar-refractivity contribution in [2.75, 3.05) is 0 Å². The van der Waals surface area contributed by atoms with Gasteiger partial charge in [-0.25, -0.2) is 0 Å². The van der Waals surface area contributed by atoms with Gasteiger partial charge in [0.1, 0.15) is 12.4 Å². The number of oxime groups is 1. The van der Waals surface area contributed by atoms with E-state index in [-0.39, 0.29) is 5.84 Å². The highest BCUT2D eigenvalue weighted by Crippen LogP contribution is 2.26. The summed E-state index contributed by atoms with van der Waals surface area (Å²) in [5.74, 6) is 0.538. The molecule has 5 nitrogen and oxygen atoms in total. The highest BCUT2D eigenvalue weighted by Gasteiger charge is 2.06. The zero-order valence-corrected chi connectivity index (χ0v) is 10.7. The van der Waals surface area contributed by atoms with E-state index in [1.165, 1.54) is 0 Å². The lowest BCUT2D eigenvalue weighted by molar-refractivity contribution is 0.306. The Kier molecular flexibility index (Phi) is 4.20. The van der Waals surface area contributed by atoms with Gasteiger partial charge in [0, 0.05) is 18.0 Å². The van der Waals surface area contributed by atoms with E-state index in [1.807, 2.05) is 12.1 Å². The number of amidine groups is 1. The SMILES string of the molecule is N/C(=N/O)c1ccc(OCc2ccncc2)c(Cl)c1. The monoisotopic (exact) mass is 277 g/mol.